The van der Waals surface area contributed by atoms with Gasteiger partial charge < -0.3 is 15.7 Å². The largest absolute Gasteiger partial charge is 0.503 e. The Balaban J connectivity index is 2.24. The van der Waals surface area contributed by atoms with E-state index < -0.39 is 34.7 Å². The minimum atomic E-state index is -1.70. The van der Waals surface area contributed by atoms with Crippen molar-refractivity contribution in [1.82, 2.24) is 10.6 Å². The number of carbonyl (C=O) groups excluding carboxylic acids is 1. The Labute approximate surface area is 101 Å². The van der Waals surface area contributed by atoms with Crippen molar-refractivity contribution in [2.45, 2.75) is 12.5 Å². The predicted molar refractivity (Wildman–Crippen MR) is 56.7 cm³/mol. The van der Waals surface area contributed by atoms with Gasteiger partial charge in [-0.15, -0.1) is 0 Å². The molecule has 98 valence electrons. The van der Waals surface area contributed by atoms with E-state index in [1.165, 1.54) is 0 Å². The molecule has 1 saturated heterocycles. The average molecular weight is 260 g/mol. The third kappa shape index (κ3) is 2.26. The van der Waals surface area contributed by atoms with Crippen LogP contribution >= 0.6 is 0 Å². The molecular weight excluding hydrogens is 249 g/mol. The van der Waals surface area contributed by atoms with Crippen molar-refractivity contribution in [3.63, 3.8) is 0 Å². The number of carbonyl (C=O) groups is 1. The fourth-order valence-electron chi connectivity index (χ4n) is 1.80. The van der Waals surface area contributed by atoms with Crippen LogP contribution in [0.2, 0.25) is 0 Å². The number of benzene rings is 1. The van der Waals surface area contributed by atoms with E-state index >= 15 is 0 Å². The lowest BCUT2D eigenvalue weighted by Gasteiger charge is -2.12. The molecule has 4 nitrogen and oxygen atoms in total. The second-order valence-electron chi connectivity index (χ2n) is 4.05. The van der Waals surface area contributed by atoms with Gasteiger partial charge in [0.05, 0.1) is 5.56 Å². The lowest BCUT2D eigenvalue weighted by Crippen LogP contribution is -2.36. The Morgan fingerprint density at radius 2 is 2.11 bits per heavy atom. The zero-order valence-corrected chi connectivity index (χ0v) is 9.27. The summed E-state index contributed by atoms with van der Waals surface area (Å²) in [6.45, 7) is 1.25. The highest BCUT2D eigenvalue weighted by atomic mass is 19.2. The van der Waals surface area contributed by atoms with Crippen molar-refractivity contribution in [3.05, 3.63) is 29.1 Å². The Bertz CT molecular complexity index is 488. The Morgan fingerprint density at radius 1 is 1.39 bits per heavy atom. The molecule has 1 heterocycles. The maximum atomic E-state index is 13.4. The van der Waals surface area contributed by atoms with Gasteiger partial charge in [0.15, 0.2) is 17.4 Å². The Kier molecular flexibility index (Phi) is 3.42. The molecule has 0 radical (unpaired) electrons. The lowest BCUT2D eigenvalue weighted by atomic mass is 10.1. The van der Waals surface area contributed by atoms with E-state index in [1.54, 1.807) is 0 Å². The van der Waals surface area contributed by atoms with Gasteiger partial charge in [0.2, 0.25) is 5.82 Å². The number of nitrogens with one attached hydrogen (secondary N) is 2. The summed E-state index contributed by atoms with van der Waals surface area (Å²) < 4.78 is 39.3. The first-order chi connectivity index (χ1) is 8.50. The SMILES string of the molecule is O=C(N[C@H]1CCNC1)c1cc(F)c(F)c(O)c1F. The van der Waals surface area contributed by atoms with Crippen molar-refractivity contribution < 1.29 is 23.1 Å². The topological polar surface area (TPSA) is 61.4 Å². The van der Waals surface area contributed by atoms with Gasteiger partial charge in [-0.25, -0.2) is 8.78 Å². The molecule has 0 aromatic heterocycles. The zero-order valence-electron chi connectivity index (χ0n) is 9.27. The molecule has 0 bridgehead atoms. The lowest BCUT2D eigenvalue weighted by molar-refractivity contribution is 0.0934. The molecule has 18 heavy (non-hydrogen) atoms. The number of halogens is 3. The molecule has 0 unspecified atom stereocenters. The minimum Gasteiger partial charge on any atom is -0.503 e. The monoisotopic (exact) mass is 260 g/mol. The third-order valence-corrected chi connectivity index (χ3v) is 2.77. The van der Waals surface area contributed by atoms with Crippen LogP contribution in [0.3, 0.4) is 0 Å². The molecule has 7 heteroatoms. The first-order valence-electron chi connectivity index (χ1n) is 5.38. The summed E-state index contributed by atoms with van der Waals surface area (Å²) in [4.78, 5) is 11.7. The van der Waals surface area contributed by atoms with Crippen LogP contribution in [0.5, 0.6) is 5.75 Å². The molecule has 0 aliphatic carbocycles. The van der Waals surface area contributed by atoms with Gasteiger partial charge in [0.1, 0.15) is 0 Å². The number of rotatable bonds is 2. The number of hydrogen-bond donors (Lipinski definition) is 3. The molecule has 1 aromatic rings. The van der Waals surface area contributed by atoms with Gasteiger partial charge >= 0.3 is 0 Å². The number of amides is 1. The molecule has 2 rings (SSSR count). The van der Waals surface area contributed by atoms with E-state index in [1.807, 2.05) is 0 Å². The van der Waals surface area contributed by atoms with E-state index in [9.17, 15) is 18.0 Å². The fraction of sp³-hybridized carbons (Fsp3) is 0.364. The number of aromatic hydroxyl groups is 1. The maximum absolute atomic E-state index is 13.4. The van der Waals surface area contributed by atoms with Crippen LogP contribution in [0, 0.1) is 17.5 Å². The highest BCUT2D eigenvalue weighted by Gasteiger charge is 2.24. The predicted octanol–water partition coefficient (Wildman–Crippen LogP) is 0.901. The van der Waals surface area contributed by atoms with Crippen LogP contribution in [0.1, 0.15) is 16.8 Å². The van der Waals surface area contributed by atoms with Crippen LogP contribution in [-0.4, -0.2) is 30.1 Å². The molecule has 1 fully saturated rings. The number of hydrogen-bond acceptors (Lipinski definition) is 3. The summed E-state index contributed by atoms with van der Waals surface area (Å²) >= 11 is 0. The fourth-order valence-corrected chi connectivity index (χ4v) is 1.80. The van der Waals surface area contributed by atoms with Crippen molar-refractivity contribution in [3.8, 4) is 5.75 Å². The Morgan fingerprint density at radius 3 is 2.72 bits per heavy atom. The van der Waals surface area contributed by atoms with Crippen LogP contribution in [0.15, 0.2) is 6.07 Å². The van der Waals surface area contributed by atoms with Gasteiger partial charge in [-0.3, -0.25) is 4.79 Å². The highest BCUT2D eigenvalue weighted by molar-refractivity contribution is 5.95. The normalized spacial score (nSPS) is 18.9. The van der Waals surface area contributed by atoms with E-state index in [4.69, 9.17) is 5.11 Å². The summed E-state index contributed by atoms with van der Waals surface area (Å²) in [5, 5.41) is 14.4. The molecule has 1 aliphatic heterocycles. The quantitative estimate of drug-likeness (QED) is 0.692. The van der Waals surface area contributed by atoms with Gasteiger partial charge in [0, 0.05) is 12.6 Å². The molecule has 0 saturated carbocycles. The van der Waals surface area contributed by atoms with Crippen LogP contribution in [-0.2, 0) is 0 Å². The molecule has 1 amide bonds. The maximum Gasteiger partial charge on any atom is 0.254 e. The second-order valence-corrected chi connectivity index (χ2v) is 4.05. The summed E-state index contributed by atoms with van der Waals surface area (Å²) in [5.74, 6) is -6.99. The zero-order chi connectivity index (χ0) is 13.3. The van der Waals surface area contributed by atoms with Gasteiger partial charge in [0.25, 0.3) is 5.91 Å². The Hall–Kier alpha value is -1.76. The van der Waals surface area contributed by atoms with Crippen LogP contribution < -0.4 is 10.6 Å². The third-order valence-electron chi connectivity index (χ3n) is 2.77. The number of phenolic OH excluding ortho intramolecular Hbond substituents is 1. The number of phenols is 1. The van der Waals surface area contributed by atoms with E-state index in [0.29, 0.717) is 19.0 Å². The second kappa shape index (κ2) is 4.85. The van der Waals surface area contributed by atoms with Crippen LogP contribution in [0.4, 0.5) is 13.2 Å². The highest BCUT2D eigenvalue weighted by Crippen LogP contribution is 2.25. The molecule has 1 aromatic carbocycles. The van der Waals surface area contributed by atoms with Crippen molar-refractivity contribution in [2.24, 2.45) is 0 Å². The van der Waals surface area contributed by atoms with E-state index in [-0.39, 0.29) is 6.04 Å². The van der Waals surface area contributed by atoms with E-state index in [2.05, 4.69) is 10.6 Å². The average Bonchev–Trinajstić information content (AvgIpc) is 2.83. The molecule has 0 spiro atoms. The molecule has 1 aliphatic rings. The van der Waals surface area contributed by atoms with E-state index in [0.717, 1.165) is 6.54 Å². The first-order valence-corrected chi connectivity index (χ1v) is 5.38. The molecular formula is C11H11F3N2O2. The van der Waals surface area contributed by atoms with Crippen molar-refractivity contribution in [1.29, 1.82) is 0 Å². The van der Waals surface area contributed by atoms with Gasteiger partial charge in [-0.05, 0) is 19.0 Å². The minimum absolute atomic E-state index is 0.188. The summed E-state index contributed by atoms with van der Waals surface area (Å²) in [7, 11) is 0. The summed E-state index contributed by atoms with van der Waals surface area (Å²) in [6.07, 6.45) is 0.670. The molecule has 3 N–H and O–H groups in total. The first kappa shape index (κ1) is 12.7. The van der Waals surface area contributed by atoms with Gasteiger partial charge in [-0.1, -0.05) is 0 Å². The van der Waals surface area contributed by atoms with Crippen molar-refractivity contribution in [2.75, 3.05) is 13.1 Å². The smallest absolute Gasteiger partial charge is 0.254 e. The summed E-state index contributed by atoms with van der Waals surface area (Å²) in [6, 6.07) is 0.245. The van der Waals surface area contributed by atoms with Crippen LogP contribution in [0.25, 0.3) is 0 Å². The molecule has 1 atom stereocenters. The van der Waals surface area contributed by atoms with Crippen molar-refractivity contribution >= 4 is 5.91 Å². The summed E-state index contributed by atoms with van der Waals surface area (Å²) in [5.41, 5.74) is -0.710. The standard InChI is InChI=1S/C11H11F3N2O2/c12-7-3-6(8(13)10(17)9(7)14)11(18)16-5-1-2-15-4-5/h3,5,15,17H,1-2,4H2,(H,16,18)/t5-/m0/s1. The van der Waals surface area contributed by atoms with Gasteiger partial charge in [-0.2, -0.15) is 4.39 Å².